The molecule has 1 atom stereocenters. The molecule has 0 aromatic rings. The van der Waals surface area contributed by atoms with Crippen LogP contribution in [0, 0.1) is 11.8 Å². The van der Waals surface area contributed by atoms with Gasteiger partial charge in [0.25, 0.3) is 0 Å². The molecule has 70 valence electrons. The summed E-state index contributed by atoms with van der Waals surface area (Å²) in [6.45, 7) is 8.95. The zero-order chi connectivity index (χ0) is 9.64. The van der Waals surface area contributed by atoms with E-state index in [0.29, 0.717) is 11.8 Å². The molecular weight excluding hydrogens is 158 g/mol. The quantitative estimate of drug-likeness (QED) is 0.612. The van der Waals surface area contributed by atoms with E-state index in [0.717, 1.165) is 0 Å². The third-order valence-corrected chi connectivity index (χ3v) is 3.03. The van der Waals surface area contributed by atoms with Crippen LogP contribution in [0.25, 0.3) is 0 Å². The Hall–Kier alpha value is -0.850. The van der Waals surface area contributed by atoms with E-state index in [-0.39, 0.29) is 5.54 Å². The van der Waals surface area contributed by atoms with Gasteiger partial charge in [-0.15, -0.1) is 0 Å². The van der Waals surface area contributed by atoms with Crippen LogP contribution in [0.1, 0.15) is 27.7 Å². The van der Waals surface area contributed by atoms with Gasteiger partial charge in [-0.1, -0.05) is 45.9 Å². The molecule has 0 bridgehead atoms. The molecule has 0 N–H and O–H groups in total. The highest BCUT2D eigenvalue weighted by Gasteiger charge is 2.50. The van der Waals surface area contributed by atoms with Crippen molar-refractivity contribution in [1.82, 2.24) is 0 Å². The predicted octanol–water partition coefficient (Wildman–Crippen LogP) is 2.99. The Bertz CT molecular complexity index is 318. The van der Waals surface area contributed by atoms with Gasteiger partial charge in [0, 0.05) is 0 Å². The fourth-order valence-electron chi connectivity index (χ4n) is 2.01. The largest absolute Gasteiger partial charge is 0.269 e. The SMILES string of the molecule is CC(C)C1=CC=CC2(C(C)C)N=C12. The van der Waals surface area contributed by atoms with Crippen LogP contribution in [0.2, 0.25) is 0 Å². The molecule has 0 spiro atoms. The van der Waals surface area contributed by atoms with Crippen molar-refractivity contribution in [2.75, 3.05) is 0 Å². The summed E-state index contributed by atoms with van der Waals surface area (Å²) >= 11 is 0. The van der Waals surface area contributed by atoms with Gasteiger partial charge in [-0.3, -0.25) is 4.99 Å². The maximum Gasteiger partial charge on any atom is 0.123 e. The summed E-state index contributed by atoms with van der Waals surface area (Å²) in [5, 5.41) is 0. The van der Waals surface area contributed by atoms with Gasteiger partial charge in [0.15, 0.2) is 0 Å². The summed E-state index contributed by atoms with van der Waals surface area (Å²) in [7, 11) is 0. The number of rotatable bonds is 2. The van der Waals surface area contributed by atoms with E-state index >= 15 is 0 Å². The minimum atomic E-state index is 0.0916. The first-order valence-electron chi connectivity index (χ1n) is 5.08. The molecule has 1 heteroatoms. The van der Waals surface area contributed by atoms with Crippen molar-refractivity contribution in [2.24, 2.45) is 16.8 Å². The summed E-state index contributed by atoms with van der Waals surface area (Å²) in [4.78, 5) is 4.65. The molecule has 1 unspecified atom stereocenters. The summed E-state index contributed by atoms with van der Waals surface area (Å²) in [6, 6.07) is 0. The molecule has 0 radical (unpaired) electrons. The highest BCUT2D eigenvalue weighted by Crippen LogP contribution is 2.44. The van der Waals surface area contributed by atoms with E-state index in [9.17, 15) is 0 Å². The fraction of sp³-hybridized carbons (Fsp3) is 0.583. The first-order chi connectivity index (χ1) is 6.08. The molecule has 1 aliphatic carbocycles. The van der Waals surface area contributed by atoms with Crippen molar-refractivity contribution in [3.05, 3.63) is 23.8 Å². The third-order valence-electron chi connectivity index (χ3n) is 3.03. The second-order valence-electron chi connectivity index (χ2n) is 4.58. The van der Waals surface area contributed by atoms with Gasteiger partial charge >= 0.3 is 0 Å². The predicted molar refractivity (Wildman–Crippen MR) is 57.1 cm³/mol. The Labute approximate surface area is 80.3 Å². The topological polar surface area (TPSA) is 12.4 Å². The summed E-state index contributed by atoms with van der Waals surface area (Å²) in [6.07, 6.45) is 6.60. The van der Waals surface area contributed by atoms with E-state index in [1.54, 1.807) is 0 Å². The minimum Gasteiger partial charge on any atom is -0.269 e. The van der Waals surface area contributed by atoms with Crippen molar-refractivity contribution >= 4 is 5.71 Å². The van der Waals surface area contributed by atoms with E-state index in [4.69, 9.17) is 0 Å². The molecule has 0 aromatic carbocycles. The molecule has 0 saturated heterocycles. The van der Waals surface area contributed by atoms with Crippen LogP contribution in [0.4, 0.5) is 0 Å². The van der Waals surface area contributed by atoms with Crippen molar-refractivity contribution in [3.63, 3.8) is 0 Å². The van der Waals surface area contributed by atoms with Crippen molar-refractivity contribution < 1.29 is 0 Å². The molecule has 0 fully saturated rings. The first-order valence-corrected chi connectivity index (χ1v) is 5.08. The average Bonchev–Trinajstić information content (AvgIpc) is 2.77. The molecule has 0 saturated carbocycles. The number of hydrogen-bond donors (Lipinski definition) is 0. The van der Waals surface area contributed by atoms with Gasteiger partial charge in [-0.25, -0.2) is 0 Å². The molecular formula is C12H17N. The Balaban J connectivity index is 2.26. The Kier molecular flexibility index (Phi) is 1.73. The molecule has 13 heavy (non-hydrogen) atoms. The summed E-state index contributed by atoms with van der Waals surface area (Å²) in [5.74, 6) is 1.20. The molecule has 1 nitrogen and oxygen atoms in total. The lowest BCUT2D eigenvalue weighted by atomic mass is 9.81. The number of aliphatic imine (C=N–C) groups is 1. The lowest BCUT2D eigenvalue weighted by Crippen LogP contribution is -2.27. The van der Waals surface area contributed by atoms with Crippen LogP contribution in [0.5, 0.6) is 0 Å². The minimum absolute atomic E-state index is 0.0916. The monoisotopic (exact) mass is 175 g/mol. The molecule has 2 rings (SSSR count). The van der Waals surface area contributed by atoms with Gasteiger partial charge in [0.05, 0.1) is 5.71 Å². The number of hydrogen-bond acceptors (Lipinski definition) is 1. The highest BCUT2D eigenvalue weighted by molar-refractivity contribution is 6.19. The van der Waals surface area contributed by atoms with Crippen molar-refractivity contribution in [3.8, 4) is 0 Å². The summed E-state index contributed by atoms with van der Waals surface area (Å²) in [5.41, 5.74) is 2.85. The maximum absolute atomic E-state index is 4.65. The Morgan fingerprint density at radius 1 is 1.23 bits per heavy atom. The average molecular weight is 175 g/mol. The van der Waals surface area contributed by atoms with Crippen LogP contribution in [-0.4, -0.2) is 11.3 Å². The first kappa shape index (κ1) is 8.74. The molecule has 0 aromatic heterocycles. The third kappa shape index (κ3) is 1.10. The number of allylic oxidation sites excluding steroid dienone is 2. The van der Waals surface area contributed by atoms with E-state index in [1.807, 2.05) is 0 Å². The number of nitrogens with zero attached hydrogens (tertiary/aromatic N) is 1. The van der Waals surface area contributed by atoms with Gasteiger partial charge in [-0.2, -0.15) is 0 Å². The lowest BCUT2D eigenvalue weighted by Gasteiger charge is -2.20. The number of fused-ring (bicyclic) bond motifs is 1. The maximum atomic E-state index is 4.65. The van der Waals surface area contributed by atoms with Crippen LogP contribution in [0.15, 0.2) is 28.8 Å². The van der Waals surface area contributed by atoms with Crippen molar-refractivity contribution in [2.45, 2.75) is 33.2 Å². The normalized spacial score (nSPS) is 30.3. The Morgan fingerprint density at radius 3 is 2.46 bits per heavy atom. The standard InChI is InChI=1S/C12H17N/c1-8(2)10-6-5-7-12(9(3)4)11(10)13-12/h5-9H,1-4H3. The van der Waals surface area contributed by atoms with Crippen LogP contribution >= 0.6 is 0 Å². The van der Waals surface area contributed by atoms with Gasteiger partial charge < -0.3 is 0 Å². The summed E-state index contributed by atoms with van der Waals surface area (Å²) < 4.78 is 0. The molecule has 1 heterocycles. The zero-order valence-corrected chi connectivity index (χ0v) is 8.83. The van der Waals surface area contributed by atoms with Gasteiger partial charge in [0.2, 0.25) is 0 Å². The van der Waals surface area contributed by atoms with Gasteiger partial charge in [-0.05, 0) is 17.4 Å². The smallest absolute Gasteiger partial charge is 0.123 e. The second kappa shape index (κ2) is 2.57. The van der Waals surface area contributed by atoms with E-state index < -0.39 is 0 Å². The lowest BCUT2D eigenvalue weighted by molar-refractivity contribution is 0.554. The van der Waals surface area contributed by atoms with E-state index in [2.05, 4.69) is 50.9 Å². The van der Waals surface area contributed by atoms with Gasteiger partial charge in [0.1, 0.15) is 5.54 Å². The van der Waals surface area contributed by atoms with E-state index in [1.165, 1.54) is 11.3 Å². The Morgan fingerprint density at radius 2 is 1.92 bits per heavy atom. The molecule has 1 aliphatic heterocycles. The fourth-order valence-corrected chi connectivity index (χ4v) is 2.01. The highest BCUT2D eigenvalue weighted by atomic mass is 15.1. The zero-order valence-electron chi connectivity index (χ0n) is 8.83. The van der Waals surface area contributed by atoms with Crippen LogP contribution in [0.3, 0.4) is 0 Å². The molecule has 0 amide bonds. The molecule has 2 aliphatic rings. The second-order valence-corrected chi connectivity index (χ2v) is 4.58. The van der Waals surface area contributed by atoms with Crippen LogP contribution in [-0.2, 0) is 0 Å². The van der Waals surface area contributed by atoms with Crippen LogP contribution < -0.4 is 0 Å². The van der Waals surface area contributed by atoms with Crippen molar-refractivity contribution in [1.29, 1.82) is 0 Å².